The van der Waals surface area contributed by atoms with E-state index in [1.165, 1.54) is 22.7 Å². The summed E-state index contributed by atoms with van der Waals surface area (Å²) in [5.74, 6) is 0.0693. The van der Waals surface area contributed by atoms with Crippen molar-refractivity contribution < 1.29 is 17.9 Å². The SMILES string of the molecule is Cc1ccc2c(c1)N(S(C)(=O)=O)C[C@H](C(=O)NCc1cccc(CN3CCCC3)c1)O2. The number of benzene rings is 2. The highest BCUT2D eigenvalue weighted by atomic mass is 32.2. The molecule has 2 aliphatic rings. The molecular formula is C23H29N3O4S. The largest absolute Gasteiger partial charge is 0.476 e. The maximum Gasteiger partial charge on any atom is 0.263 e. The van der Waals surface area contributed by atoms with Gasteiger partial charge in [0.25, 0.3) is 5.91 Å². The number of hydrogen-bond donors (Lipinski definition) is 1. The van der Waals surface area contributed by atoms with Crippen molar-refractivity contribution in [2.24, 2.45) is 0 Å². The lowest BCUT2D eigenvalue weighted by Gasteiger charge is -2.34. The Morgan fingerprint density at radius 2 is 1.87 bits per heavy atom. The van der Waals surface area contributed by atoms with Gasteiger partial charge >= 0.3 is 0 Å². The van der Waals surface area contributed by atoms with Gasteiger partial charge < -0.3 is 10.1 Å². The van der Waals surface area contributed by atoms with Crippen LogP contribution < -0.4 is 14.4 Å². The number of nitrogens with one attached hydrogen (secondary N) is 1. The molecule has 8 heteroatoms. The topological polar surface area (TPSA) is 79.0 Å². The fraction of sp³-hybridized carbons (Fsp3) is 0.435. The molecule has 0 spiro atoms. The fourth-order valence-electron chi connectivity index (χ4n) is 4.15. The molecule has 2 aliphatic heterocycles. The Hall–Kier alpha value is -2.58. The number of carbonyl (C=O) groups excluding carboxylic acids is 1. The summed E-state index contributed by atoms with van der Waals surface area (Å²) in [6.45, 7) is 5.41. The maximum atomic E-state index is 12.8. The van der Waals surface area contributed by atoms with E-state index in [0.717, 1.165) is 37.0 Å². The van der Waals surface area contributed by atoms with Crippen LogP contribution in [0.1, 0.15) is 29.5 Å². The molecule has 166 valence electrons. The number of likely N-dealkylation sites (tertiary alicyclic amines) is 1. The Balaban J connectivity index is 1.42. The summed E-state index contributed by atoms with van der Waals surface area (Å²) in [6, 6.07) is 13.5. The van der Waals surface area contributed by atoms with Crippen LogP contribution in [0, 0.1) is 6.92 Å². The van der Waals surface area contributed by atoms with Crippen molar-refractivity contribution in [1.82, 2.24) is 10.2 Å². The highest BCUT2D eigenvalue weighted by Gasteiger charge is 2.35. The number of anilines is 1. The second kappa shape index (κ2) is 8.88. The number of carbonyl (C=O) groups is 1. The van der Waals surface area contributed by atoms with E-state index in [4.69, 9.17) is 4.74 Å². The Labute approximate surface area is 184 Å². The van der Waals surface area contributed by atoms with Gasteiger partial charge in [-0.1, -0.05) is 30.3 Å². The highest BCUT2D eigenvalue weighted by Crippen LogP contribution is 2.35. The molecule has 0 saturated carbocycles. The lowest BCUT2D eigenvalue weighted by atomic mass is 10.1. The predicted molar refractivity (Wildman–Crippen MR) is 121 cm³/mol. The van der Waals surface area contributed by atoms with Crippen molar-refractivity contribution in [3.8, 4) is 5.75 Å². The number of sulfonamides is 1. The quantitative estimate of drug-likeness (QED) is 0.742. The van der Waals surface area contributed by atoms with E-state index in [1.54, 1.807) is 12.1 Å². The average Bonchev–Trinajstić information content (AvgIpc) is 3.23. The van der Waals surface area contributed by atoms with E-state index in [-0.39, 0.29) is 12.5 Å². The molecule has 0 unspecified atom stereocenters. The molecule has 0 bridgehead atoms. The lowest BCUT2D eigenvalue weighted by Crippen LogP contribution is -2.50. The van der Waals surface area contributed by atoms with Gasteiger partial charge in [0.2, 0.25) is 10.0 Å². The Morgan fingerprint density at radius 3 is 2.61 bits per heavy atom. The predicted octanol–water partition coefficient (Wildman–Crippen LogP) is 2.43. The number of nitrogens with zero attached hydrogens (tertiary/aromatic N) is 2. The molecule has 2 aromatic carbocycles. The maximum absolute atomic E-state index is 12.8. The van der Waals surface area contributed by atoms with Crippen molar-refractivity contribution in [2.75, 3.05) is 30.2 Å². The molecule has 2 heterocycles. The zero-order valence-corrected chi connectivity index (χ0v) is 18.8. The van der Waals surface area contributed by atoms with Crippen molar-refractivity contribution >= 4 is 21.6 Å². The molecule has 0 aromatic heterocycles. The minimum Gasteiger partial charge on any atom is -0.476 e. The Morgan fingerprint density at radius 1 is 1.13 bits per heavy atom. The molecule has 4 rings (SSSR count). The summed E-state index contributed by atoms with van der Waals surface area (Å²) < 4.78 is 31.7. The van der Waals surface area contributed by atoms with Crippen LogP contribution in [0.15, 0.2) is 42.5 Å². The third-order valence-electron chi connectivity index (χ3n) is 5.74. The van der Waals surface area contributed by atoms with Crippen LogP contribution in [-0.4, -0.2) is 51.2 Å². The first-order valence-electron chi connectivity index (χ1n) is 10.6. The lowest BCUT2D eigenvalue weighted by molar-refractivity contribution is -0.127. The minimum absolute atomic E-state index is 0.0455. The molecule has 1 amide bonds. The zero-order chi connectivity index (χ0) is 22.0. The molecule has 1 fully saturated rings. The minimum atomic E-state index is -3.54. The number of amides is 1. The van der Waals surface area contributed by atoms with E-state index < -0.39 is 16.1 Å². The second-order valence-electron chi connectivity index (χ2n) is 8.39. The van der Waals surface area contributed by atoms with Gasteiger partial charge in [-0.2, -0.15) is 0 Å². The molecule has 0 radical (unpaired) electrons. The molecule has 1 saturated heterocycles. The van der Waals surface area contributed by atoms with Crippen LogP contribution in [-0.2, 0) is 27.9 Å². The molecule has 1 atom stereocenters. The van der Waals surface area contributed by atoms with Gasteiger partial charge in [-0.25, -0.2) is 8.42 Å². The number of hydrogen-bond acceptors (Lipinski definition) is 5. The van der Waals surface area contributed by atoms with Gasteiger partial charge in [0.05, 0.1) is 18.5 Å². The van der Waals surface area contributed by atoms with Gasteiger partial charge in [0.1, 0.15) is 5.75 Å². The van der Waals surface area contributed by atoms with Crippen molar-refractivity contribution in [2.45, 2.75) is 39.0 Å². The third-order valence-corrected chi connectivity index (χ3v) is 6.89. The van der Waals surface area contributed by atoms with Crippen molar-refractivity contribution in [1.29, 1.82) is 0 Å². The van der Waals surface area contributed by atoms with Gasteiger partial charge in [-0.15, -0.1) is 0 Å². The van der Waals surface area contributed by atoms with Gasteiger partial charge in [-0.05, 0) is 61.7 Å². The molecule has 2 aromatic rings. The average molecular weight is 444 g/mol. The van der Waals surface area contributed by atoms with Crippen LogP contribution >= 0.6 is 0 Å². The van der Waals surface area contributed by atoms with Gasteiger partial charge in [0.15, 0.2) is 6.10 Å². The number of rotatable bonds is 6. The molecule has 7 nitrogen and oxygen atoms in total. The summed E-state index contributed by atoms with van der Waals surface area (Å²) in [5.41, 5.74) is 3.64. The summed E-state index contributed by atoms with van der Waals surface area (Å²) in [6.07, 6.45) is 2.75. The first-order valence-corrected chi connectivity index (χ1v) is 12.5. The third kappa shape index (κ3) is 5.19. The standard InChI is InChI=1S/C23H29N3O4S/c1-17-8-9-21-20(12-17)26(31(2,28)29)16-22(30-21)23(27)24-14-18-6-5-7-19(13-18)15-25-10-3-4-11-25/h5-9,12-13,22H,3-4,10-11,14-16H2,1-2H3,(H,24,27)/t22-/m1/s1. The summed E-state index contributed by atoms with van der Waals surface area (Å²) in [4.78, 5) is 15.3. The van der Waals surface area contributed by atoms with Crippen LogP contribution in [0.4, 0.5) is 5.69 Å². The van der Waals surface area contributed by atoms with Gasteiger partial charge in [0, 0.05) is 13.1 Å². The number of fused-ring (bicyclic) bond motifs is 1. The molecule has 31 heavy (non-hydrogen) atoms. The fourth-order valence-corrected chi connectivity index (χ4v) is 5.06. The number of aryl methyl sites for hydroxylation is 1. The van der Waals surface area contributed by atoms with Crippen molar-refractivity contribution in [3.05, 3.63) is 59.2 Å². The van der Waals surface area contributed by atoms with E-state index >= 15 is 0 Å². The molecule has 0 aliphatic carbocycles. The monoisotopic (exact) mass is 443 g/mol. The second-order valence-corrected chi connectivity index (χ2v) is 10.3. The van der Waals surface area contributed by atoms with E-state index in [9.17, 15) is 13.2 Å². The molecular weight excluding hydrogens is 414 g/mol. The first kappa shape index (κ1) is 21.6. The summed E-state index contributed by atoms with van der Waals surface area (Å²) >= 11 is 0. The normalized spacial score (nSPS) is 19.0. The summed E-state index contributed by atoms with van der Waals surface area (Å²) in [7, 11) is -3.54. The van der Waals surface area contributed by atoms with E-state index in [0.29, 0.717) is 18.0 Å². The van der Waals surface area contributed by atoms with E-state index in [1.807, 2.05) is 25.1 Å². The van der Waals surface area contributed by atoms with Crippen LogP contribution in [0.25, 0.3) is 0 Å². The first-order chi connectivity index (χ1) is 14.8. The smallest absolute Gasteiger partial charge is 0.263 e. The summed E-state index contributed by atoms with van der Waals surface area (Å²) in [5, 5.41) is 2.90. The Bertz CT molecular complexity index is 1060. The van der Waals surface area contributed by atoms with Crippen LogP contribution in [0.5, 0.6) is 5.75 Å². The zero-order valence-electron chi connectivity index (χ0n) is 18.0. The van der Waals surface area contributed by atoms with Crippen LogP contribution in [0.3, 0.4) is 0 Å². The van der Waals surface area contributed by atoms with Gasteiger partial charge in [-0.3, -0.25) is 14.0 Å². The Kier molecular flexibility index (Phi) is 6.20. The number of ether oxygens (including phenoxy) is 1. The van der Waals surface area contributed by atoms with E-state index in [2.05, 4.69) is 22.3 Å². The van der Waals surface area contributed by atoms with Crippen LogP contribution in [0.2, 0.25) is 0 Å². The highest BCUT2D eigenvalue weighted by molar-refractivity contribution is 7.92. The van der Waals surface area contributed by atoms with Crippen molar-refractivity contribution in [3.63, 3.8) is 0 Å². The molecule has 1 N–H and O–H groups in total.